The van der Waals surface area contributed by atoms with Crippen LogP contribution in [0.4, 0.5) is 5.69 Å². The van der Waals surface area contributed by atoms with Gasteiger partial charge in [-0.25, -0.2) is 8.42 Å². The van der Waals surface area contributed by atoms with Gasteiger partial charge >= 0.3 is 0 Å². The third-order valence-electron chi connectivity index (χ3n) is 6.44. The largest absolute Gasteiger partial charge is 0.352 e. The lowest BCUT2D eigenvalue weighted by molar-refractivity contribution is -0.141. The highest BCUT2D eigenvalue weighted by molar-refractivity contribution is 7.92. The second kappa shape index (κ2) is 14.3. The average molecular weight is 584 g/mol. The van der Waals surface area contributed by atoms with Gasteiger partial charge in [0.1, 0.15) is 6.04 Å². The van der Waals surface area contributed by atoms with E-state index in [1.165, 1.54) is 4.31 Å². The lowest BCUT2D eigenvalue weighted by atomic mass is 10.0. The third kappa shape index (κ3) is 9.38. The summed E-state index contributed by atoms with van der Waals surface area (Å²) in [6.07, 6.45) is 1.85. The van der Waals surface area contributed by atoms with Crippen molar-refractivity contribution in [3.63, 3.8) is 0 Å². The fourth-order valence-corrected chi connectivity index (χ4v) is 5.53. The number of rotatable bonds is 13. The van der Waals surface area contributed by atoms with E-state index in [-0.39, 0.29) is 43.8 Å². The molecular formula is C31H38ClN3O4S. The zero-order chi connectivity index (χ0) is 29.3. The first kappa shape index (κ1) is 31.2. The molecule has 3 rings (SSSR count). The topological polar surface area (TPSA) is 86.8 Å². The molecule has 0 spiro atoms. The zero-order valence-electron chi connectivity index (χ0n) is 23.5. The number of nitrogens with one attached hydrogen (secondary N) is 1. The number of anilines is 1. The van der Waals surface area contributed by atoms with Gasteiger partial charge in [0.15, 0.2) is 0 Å². The fourth-order valence-electron chi connectivity index (χ4n) is 4.44. The normalized spacial score (nSPS) is 12.2. The van der Waals surface area contributed by atoms with Gasteiger partial charge in [0.05, 0.1) is 11.9 Å². The number of carbonyl (C=O) groups is 2. The molecule has 214 valence electrons. The summed E-state index contributed by atoms with van der Waals surface area (Å²) in [5, 5.41) is 3.49. The van der Waals surface area contributed by atoms with Gasteiger partial charge < -0.3 is 10.2 Å². The number of halogens is 1. The number of sulfonamides is 1. The van der Waals surface area contributed by atoms with Gasteiger partial charge in [-0.1, -0.05) is 71.8 Å². The summed E-state index contributed by atoms with van der Waals surface area (Å²) in [7, 11) is -3.58. The molecule has 0 radical (unpaired) electrons. The lowest BCUT2D eigenvalue weighted by Gasteiger charge is -2.32. The highest BCUT2D eigenvalue weighted by Gasteiger charge is 2.31. The third-order valence-corrected chi connectivity index (χ3v) is 7.89. The molecule has 40 heavy (non-hydrogen) atoms. The Labute approximate surface area is 243 Å². The van der Waals surface area contributed by atoms with E-state index >= 15 is 0 Å². The SMILES string of the molecule is Cc1ccc(CN(C(=O)CCCN(c2ccc(Cl)cc2)S(C)(=O)=O)[C@H](Cc2ccccc2)C(=O)NC(C)C)cc1. The maximum Gasteiger partial charge on any atom is 0.243 e. The smallest absolute Gasteiger partial charge is 0.243 e. The Kier molecular flexibility index (Phi) is 11.2. The number of amides is 2. The summed E-state index contributed by atoms with van der Waals surface area (Å²) < 4.78 is 26.4. The van der Waals surface area contributed by atoms with E-state index < -0.39 is 16.1 Å². The lowest BCUT2D eigenvalue weighted by Crippen LogP contribution is -2.51. The first-order valence-corrected chi connectivity index (χ1v) is 15.6. The summed E-state index contributed by atoms with van der Waals surface area (Å²) in [6.45, 7) is 6.15. The minimum absolute atomic E-state index is 0.0751. The number of hydrogen-bond acceptors (Lipinski definition) is 4. The molecule has 7 nitrogen and oxygen atoms in total. The highest BCUT2D eigenvalue weighted by Crippen LogP contribution is 2.22. The number of nitrogens with zero attached hydrogens (tertiary/aromatic N) is 2. The summed E-state index contributed by atoms with van der Waals surface area (Å²) in [6, 6.07) is 23.2. The van der Waals surface area contributed by atoms with E-state index in [2.05, 4.69) is 5.32 Å². The molecule has 0 heterocycles. The van der Waals surface area contributed by atoms with E-state index in [4.69, 9.17) is 11.6 Å². The molecular weight excluding hydrogens is 546 g/mol. The second-order valence-electron chi connectivity index (χ2n) is 10.3. The molecule has 0 saturated carbocycles. The van der Waals surface area contributed by atoms with Crippen molar-refractivity contribution in [2.75, 3.05) is 17.1 Å². The van der Waals surface area contributed by atoms with Crippen molar-refractivity contribution in [2.24, 2.45) is 0 Å². The van der Waals surface area contributed by atoms with Crippen molar-refractivity contribution in [1.29, 1.82) is 0 Å². The Hall–Kier alpha value is -3.36. The molecule has 9 heteroatoms. The van der Waals surface area contributed by atoms with Crippen molar-refractivity contribution < 1.29 is 18.0 Å². The zero-order valence-corrected chi connectivity index (χ0v) is 25.1. The Balaban J connectivity index is 1.87. The van der Waals surface area contributed by atoms with Crippen LogP contribution < -0.4 is 9.62 Å². The average Bonchev–Trinajstić information content (AvgIpc) is 2.90. The predicted octanol–water partition coefficient (Wildman–Crippen LogP) is 5.36. The number of carbonyl (C=O) groups excluding carboxylic acids is 2. The Morgan fingerprint density at radius 3 is 2.10 bits per heavy atom. The molecule has 0 aliphatic rings. The molecule has 2 amide bonds. The molecule has 0 aromatic heterocycles. The quantitative estimate of drug-likeness (QED) is 0.293. The van der Waals surface area contributed by atoms with Crippen molar-refractivity contribution in [3.05, 3.63) is 101 Å². The van der Waals surface area contributed by atoms with Gasteiger partial charge in [-0.2, -0.15) is 0 Å². The predicted molar refractivity (Wildman–Crippen MR) is 162 cm³/mol. The molecule has 1 N–H and O–H groups in total. The number of hydrogen-bond donors (Lipinski definition) is 1. The maximum atomic E-state index is 13.8. The van der Waals surface area contributed by atoms with Crippen LogP contribution in [-0.2, 0) is 32.6 Å². The molecule has 3 aromatic rings. The molecule has 0 saturated heterocycles. The van der Waals surface area contributed by atoms with Crippen LogP contribution in [0.2, 0.25) is 5.02 Å². The standard InChI is InChI=1S/C31H38ClN3O4S/c1-23(2)33-31(37)29(21-25-9-6-5-7-10-25)34(22-26-14-12-24(3)13-15-26)30(36)11-8-20-35(40(4,38)39)28-18-16-27(32)17-19-28/h5-7,9-10,12-19,23,29H,8,11,20-22H2,1-4H3,(H,33,37)/t29-/m1/s1. The van der Waals surface area contributed by atoms with Crippen LogP contribution in [0.25, 0.3) is 0 Å². The van der Waals surface area contributed by atoms with Gasteiger partial charge in [-0.05, 0) is 62.6 Å². The molecule has 0 fully saturated rings. The minimum atomic E-state index is -3.58. The van der Waals surface area contributed by atoms with E-state index in [0.717, 1.165) is 22.9 Å². The molecule has 0 aliphatic carbocycles. The monoisotopic (exact) mass is 583 g/mol. The van der Waals surface area contributed by atoms with Crippen LogP contribution in [0.15, 0.2) is 78.9 Å². The molecule has 3 aromatic carbocycles. The van der Waals surface area contributed by atoms with Gasteiger partial charge in [-0.3, -0.25) is 13.9 Å². The van der Waals surface area contributed by atoms with E-state index in [9.17, 15) is 18.0 Å². The first-order chi connectivity index (χ1) is 18.9. The Morgan fingerprint density at radius 2 is 1.52 bits per heavy atom. The van der Waals surface area contributed by atoms with E-state index in [1.807, 2.05) is 75.4 Å². The molecule has 0 aliphatic heterocycles. The van der Waals surface area contributed by atoms with Gasteiger partial charge in [0.2, 0.25) is 21.8 Å². The van der Waals surface area contributed by atoms with Crippen LogP contribution in [0.1, 0.15) is 43.4 Å². The van der Waals surface area contributed by atoms with Crippen LogP contribution in [-0.4, -0.2) is 50.0 Å². The van der Waals surface area contributed by atoms with Crippen molar-refractivity contribution in [3.8, 4) is 0 Å². The van der Waals surface area contributed by atoms with Crippen molar-refractivity contribution in [1.82, 2.24) is 10.2 Å². The van der Waals surface area contributed by atoms with Crippen LogP contribution in [0, 0.1) is 6.92 Å². The first-order valence-electron chi connectivity index (χ1n) is 13.4. The minimum Gasteiger partial charge on any atom is -0.352 e. The Morgan fingerprint density at radius 1 is 0.900 bits per heavy atom. The fraction of sp³-hybridized carbons (Fsp3) is 0.355. The summed E-state index contributed by atoms with van der Waals surface area (Å²) in [5.74, 6) is -0.441. The van der Waals surface area contributed by atoms with Crippen molar-refractivity contribution >= 4 is 39.1 Å². The van der Waals surface area contributed by atoms with Crippen molar-refractivity contribution in [2.45, 2.75) is 58.7 Å². The van der Waals surface area contributed by atoms with E-state index in [0.29, 0.717) is 17.1 Å². The second-order valence-corrected chi connectivity index (χ2v) is 12.6. The molecule has 0 bridgehead atoms. The summed E-state index contributed by atoms with van der Waals surface area (Å²) >= 11 is 5.98. The van der Waals surface area contributed by atoms with Gasteiger partial charge in [0, 0.05) is 37.0 Å². The summed E-state index contributed by atoms with van der Waals surface area (Å²) in [5.41, 5.74) is 3.43. The van der Waals surface area contributed by atoms with E-state index in [1.54, 1.807) is 29.2 Å². The maximum absolute atomic E-state index is 13.8. The number of aryl methyl sites for hydroxylation is 1. The highest BCUT2D eigenvalue weighted by atomic mass is 35.5. The molecule has 1 atom stereocenters. The Bertz CT molecular complexity index is 1360. The van der Waals surface area contributed by atoms with Gasteiger partial charge in [0.25, 0.3) is 0 Å². The van der Waals surface area contributed by atoms with Crippen LogP contribution in [0.3, 0.4) is 0 Å². The van der Waals surface area contributed by atoms with Crippen LogP contribution in [0.5, 0.6) is 0 Å². The number of benzene rings is 3. The van der Waals surface area contributed by atoms with Gasteiger partial charge in [-0.15, -0.1) is 0 Å². The van der Waals surface area contributed by atoms with Crippen LogP contribution >= 0.6 is 11.6 Å². The molecule has 0 unspecified atom stereocenters. The summed E-state index contributed by atoms with van der Waals surface area (Å²) in [4.78, 5) is 28.9.